The van der Waals surface area contributed by atoms with Gasteiger partial charge in [0.25, 0.3) is 11.5 Å². The molecule has 1 amide bonds. The highest BCUT2D eigenvalue weighted by molar-refractivity contribution is 6.05. The van der Waals surface area contributed by atoms with E-state index in [1.165, 1.54) is 10.8 Å². The van der Waals surface area contributed by atoms with E-state index in [1.54, 1.807) is 41.1 Å². The van der Waals surface area contributed by atoms with Gasteiger partial charge in [0.1, 0.15) is 0 Å². The molecule has 9 heteroatoms. The molecular formula is C17H15N7O2. The molecule has 3 heterocycles. The fraction of sp³-hybridized carbons (Fsp3) is 0.176. The molecule has 0 saturated carbocycles. The van der Waals surface area contributed by atoms with Gasteiger partial charge in [0, 0.05) is 23.5 Å². The molecule has 0 unspecified atom stereocenters. The first-order valence-electron chi connectivity index (χ1n) is 8.03. The summed E-state index contributed by atoms with van der Waals surface area (Å²) in [7, 11) is 0. The molecule has 26 heavy (non-hydrogen) atoms. The fourth-order valence-corrected chi connectivity index (χ4v) is 2.67. The number of anilines is 1. The topological polar surface area (TPSA) is 107 Å². The zero-order valence-corrected chi connectivity index (χ0v) is 14.1. The van der Waals surface area contributed by atoms with E-state index in [9.17, 15) is 9.59 Å². The number of fused-ring (bicyclic) bond motifs is 2. The Morgan fingerprint density at radius 3 is 2.85 bits per heavy atom. The number of tetrazole rings is 1. The number of amides is 1. The molecule has 0 saturated heterocycles. The molecule has 0 aliphatic rings. The maximum absolute atomic E-state index is 12.6. The normalized spacial score (nSPS) is 11.3. The minimum absolute atomic E-state index is 0.00106. The van der Waals surface area contributed by atoms with Crippen molar-refractivity contribution < 1.29 is 4.79 Å². The lowest BCUT2D eigenvalue weighted by atomic mass is 10.2. The molecule has 1 N–H and O–H groups in total. The van der Waals surface area contributed by atoms with E-state index in [0.29, 0.717) is 27.8 Å². The Labute approximate surface area is 147 Å². The van der Waals surface area contributed by atoms with Crippen molar-refractivity contribution in [2.45, 2.75) is 19.9 Å². The number of carbonyl (C=O) groups is 1. The number of pyridine rings is 1. The smallest absolute Gasteiger partial charge is 0.261 e. The van der Waals surface area contributed by atoms with Crippen molar-refractivity contribution in [3.05, 3.63) is 58.8 Å². The maximum atomic E-state index is 12.6. The Morgan fingerprint density at radius 2 is 2.04 bits per heavy atom. The largest absolute Gasteiger partial charge is 0.322 e. The monoisotopic (exact) mass is 349 g/mol. The fourth-order valence-electron chi connectivity index (χ4n) is 2.67. The van der Waals surface area contributed by atoms with Crippen LogP contribution in [0.25, 0.3) is 16.6 Å². The van der Waals surface area contributed by atoms with Crippen molar-refractivity contribution in [1.82, 2.24) is 29.6 Å². The molecule has 0 spiro atoms. The van der Waals surface area contributed by atoms with Gasteiger partial charge in [-0.25, -0.2) is 9.50 Å². The van der Waals surface area contributed by atoms with Gasteiger partial charge in [-0.05, 0) is 54.6 Å². The Bertz CT molecular complexity index is 1190. The van der Waals surface area contributed by atoms with Crippen molar-refractivity contribution in [1.29, 1.82) is 0 Å². The maximum Gasteiger partial charge on any atom is 0.261 e. The number of hydrogen-bond donors (Lipinski definition) is 1. The zero-order chi connectivity index (χ0) is 18.3. The van der Waals surface area contributed by atoms with Crippen LogP contribution in [0.4, 0.5) is 5.69 Å². The molecule has 0 fully saturated rings. The third-order valence-corrected chi connectivity index (χ3v) is 4.06. The van der Waals surface area contributed by atoms with E-state index < -0.39 is 0 Å². The average molecular weight is 349 g/mol. The van der Waals surface area contributed by atoms with Crippen LogP contribution in [0, 0.1) is 0 Å². The average Bonchev–Trinajstić information content (AvgIpc) is 3.09. The minimum Gasteiger partial charge on any atom is -0.322 e. The quantitative estimate of drug-likeness (QED) is 0.603. The summed E-state index contributed by atoms with van der Waals surface area (Å²) < 4.78 is 3.02. The molecule has 1 aromatic carbocycles. The van der Waals surface area contributed by atoms with Crippen LogP contribution in [0.1, 0.15) is 30.2 Å². The van der Waals surface area contributed by atoms with Crippen LogP contribution in [0.15, 0.2) is 47.7 Å². The summed E-state index contributed by atoms with van der Waals surface area (Å²) in [4.78, 5) is 29.4. The van der Waals surface area contributed by atoms with E-state index in [1.807, 2.05) is 13.8 Å². The summed E-state index contributed by atoms with van der Waals surface area (Å²) >= 11 is 0. The van der Waals surface area contributed by atoms with E-state index in [4.69, 9.17) is 0 Å². The Morgan fingerprint density at radius 1 is 1.19 bits per heavy atom. The number of aromatic nitrogens is 6. The van der Waals surface area contributed by atoms with Crippen molar-refractivity contribution in [2.75, 3.05) is 5.32 Å². The second-order valence-electron chi connectivity index (χ2n) is 6.13. The number of nitrogens with one attached hydrogen (secondary N) is 1. The lowest BCUT2D eigenvalue weighted by Crippen LogP contribution is -2.22. The number of hydrogen-bond acceptors (Lipinski definition) is 6. The molecule has 0 aliphatic carbocycles. The SMILES string of the molecule is CC(C)n1cnc2ccc(NC(=O)c3ccn4nnnc4c3)cc2c1=O. The van der Waals surface area contributed by atoms with E-state index in [-0.39, 0.29) is 17.5 Å². The first-order chi connectivity index (χ1) is 12.5. The van der Waals surface area contributed by atoms with E-state index >= 15 is 0 Å². The Kier molecular flexibility index (Phi) is 3.68. The van der Waals surface area contributed by atoms with Gasteiger partial charge >= 0.3 is 0 Å². The molecule has 3 aromatic heterocycles. The molecule has 9 nitrogen and oxygen atoms in total. The number of nitrogens with zero attached hydrogens (tertiary/aromatic N) is 6. The van der Waals surface area contributed by atoms with Crippen LogP contribution in [0.3, 0.4) is 0 Å². The van der Waals surface area contributed by atoms with Gasteiger partial charge in [0.05, 0.1) is 17.2 Å². The summed E-state index contributed by atoms with van der Waals surface area (Å²) in [5.74, 6) is -0.317. The first-order valence-corrected chi connectivity index (χ1v) is 8.03. The predicted molar refractivity (Wildman–Crippen MR) is 95.1 cm³/mol. The van der Waals surface area contributed by atoms with Gasteiger partial charge in [-0.2, -0.15) is 0 Å². The molecule has 4 rings (SSSR count). The summed E-state index contributed by atoms with van der Waals surface area (Å²) in [6.45, 7) is 3.83. The van der Waals surface area contributed by atoms with Crippen molar-refractivity contribution in [3.63, 3.8) is 0 Å². The van der Waals surface area contributed by atoms with Gasteiger partial charge in [-0.3, -0.25) is 14.2 Å². The molecule has 4 aromatic rings. The highest BCUT2D eigenvalue weighted by Gasteiger charge is 2.11. The van der Waals surface area contributed by atoms with Gasteiger partial charge in [0.2, 0.25) is 0 Å². The lowest BCUT2D eigenvalue weighted by molar-refractivity contribution is 0.102. The van der Waals surface area contributed by atoms with Gasteiger partial charge in [-0.15, -0.1) is 5.10 Å². The van der Waals surface area contributed by atoms with Crippen LogP contribution >= 0.6 is 0 Å². The third kappa shape index (κ3) is 2.69. The van der Waals surface area contributed by atoms with Crippen molar-refractivity contribution in [2.24, 2.45) is 0 Å². The highest BCUT2D eigenvalue weighted by atomic mass is 16.1. The van der Waals surface area contributed by atoms with Crippen LogP contribution in [0.5, 0.6) is 0 Å². The summed E-state index contributed by atoms with van der Waals surface area (Å²) in [5, 5.41) is 14.4. The molecule has 0 aliphatic heterocycles. The molecule has 130 valence electrons. The number of benzene rings is 1. The van der Waals surface area contributed by atoms with Crippen molar-refractivity contribution >= 4 is 28.1 Å². The zero-order valence-electron chi connectivity index (χ0n) is 14.1. The summed E-state index contributed by atoms with van der Waals surface area (Å²) in [5.41, 5.74) is 1.85. The number of rotatable bonds is 3. The standard InChI is InChI=1S/C17H15N7O2/c1-10(2)23-9-18-14-4-3-12(8-13(14)17(23)26)19-16(25)11-5-6-24-15(7-11)20-21-22-24/h3-10H,1-2H3,(H,19,25). The lowest BCUT2D eigenvalue weighted by Gasteiger charge is -2.11. The van der Waals surface area contributed by atoms with Gasteiger partial charge < -0.3 is 5.32 Å². The molecular weight excluding hydrogens is 334 g/mol. The number of carbonyl (C=O) groups excluding carboxylic acids is 1. The Hall–Kier alpha value is -3.62. The van der Waals surface area contributed by atoms with Crippen LogP contribution < -0.4 is 10.9 Å². The molecule has 0 radical (unpaired) electrons. The molecule has 0 bridgehead atoms. The summed E-state index contributed by atoms with van der Waals surface area (Å²) in [6, 6.07) is 8.27. The van der Waals surface area contributed by atoms with Crippen LogP contribution in [-0.2, 0) is 0 Å². The van der Waals surface area contributed by atoms with Crippen LogP contribution in [-0.4, -0.2) is 35.5 Å². The van der Waals surface area contributed by atoms with Gasteiger partial charge in [0.15, 0.2) is 5.65 Å². The Balaban J connectivity index is 1.68. The predicted octanol–water partition coefficient (Wildman–Crippen LogP) is 1.67. The minimum atomic E-state index is -0.317. The van der Waals surface area contributed by atoms with Crippen LogP contribution in [0.2, 0.25) is 0 Å². The second kappa shape index (κ2) is 6.03. The van der Waals surface area contributed by atoms with Gasteiger partial charge in [-0.1, -0.05) is 0 Å². The first kappa shape index (κ1) is 15.9. The van der Waals surface area contributed by atoms with Crippen molar-refractivity contribution in [3.8, 4) is 0 Å². The summed E-state index contributed by atoms with van der Waals surface area (Å²) in [6.07, 6.45) is 3.14. The third-order valence-electron chi connectivity index (χ3n) is 4.06. The van der Waals surface area contributed by atoms with E-state index in [0.717, 1.165) is 0 Å². The second-order valence-corrected chi connectivity index (χ2v) is 6.13. The highest BCUT2D eigenvalue weighted by Crippen LogP contribution is 2.16. The van der Waals surface area contributed by atoms with E-state index in [2.05, 4.69) is 25.8 Å². The molecule has 0 atom stereocenters.